The molecule has 2 rings (SSSR count). The number of nitrogens with zero attached hydrogens (tertiary/aromatic N) is 1. The summed E-state index contributed by atoms with van der Waals surface area (Å²) in [7, 11) is 1.89. The number of aliphatic hydroxyl groups is 1. The Hall–Kier alpha value is -1.35. The maximum atomic E-state index is 12.3. The van der Waals surface area contributed by atoms with Crippen molar-refractivity contribution < 1.29 is 9.90 Å². The Labute approximate surface area is 115 Å². The zero-order valence-electron chi connectivity index (χ0n) is 11.6. The average molecular weight is 261 g/mol. The molecule has 1 saturated carbocycles. The van der Waals surface area contributed by atoms with Crippen molar-refractivity contribution in [2.24, 2.45) is 5.92 Å². The van der Waals surface area contributed by atoms with Gasteiger partial charge in [0, 0.05) is 19.5 Å². The van der Waals surface area contributed by atoms with Crippen LogP contribution in [0.3, 0.4) is 0 Å². The molecule has 1 amide bonds. The number of rotatable bonds is 4. The highest BCUT2D eigenvalue weighted by Gasteiger charge is 2.27. The van der Waals surface area contributed by atoms with E-state index in [2.05, 4.69) is 12.1 Å². The molecule has 1 aromatic rings. The minimum atomic E-state index is -0.196. The molecule has 0 bridgehead atoms. The van der Waals surface area contributed by atoms with Crippen molar-refractivity contribution in [2.75, 3.05) is 13.6 Å². The van der Waals surface area contributed by atoms with Crippen LogP contribution in [0.25, 0.3) is 0 Å². The van der Waals surface area contributed by atoms with Gasteiger partial charge in [-0.05, 0) is 37.7 Å². The van der Waals surface area contributed by atoms with Crippen molar-refractivity contribution in [1.82, 2.24) is 4.90 Å². The highest BCUT2D eigenvalue weighted by atomic mass is 16.3. The summed E-state index contributed by atoms with van der Waals surface area (Å²) in [5.74, 6) is 0.354. The van der Waals surface area contributed by atoms with Gasteiger partial charge in [0.2, 0.25) is 5.91 Å². The third-order valence-electron chi connectivity index (χ3n) is 4.00. The number of hydrogen-bond donors (Lipinski definition) is 1. The summed E-state index contributed by atoms with van der Waals surface area (Å²) in [4.78, 5) is 14.1. The third kappa shape index (κ3) is 4.06. The van der Waals surface area contributed by atoms with E-state index in [1.807, 2.05) is 30.1 Å². The molecule has 3 heteroatoms. The monoisotopic (exact) mass is 261 g/mol. The molecule has 0 spiro atoms. The van der Waals surface area contributed by atoms with Crippen molar-refractivity contribution in [3.63, 3.8) is 0 Å². The van der Waals surface area contributed by atoms with Gasteiger partial charge in [0.05, 0.1) is 6.10 Å². The second-order valence-corrected chi connectivity index (χ2v) is 5.50. The van der Waals surface area contributed by atoms with Crippen LogP contribution in [0.5, 0.6) is 0 Å². The van der Waals surface area contributed by atoms with E-state index < -0.39 is 0 Å². The van der Waals surface area contributed by atoms with Gasteiger partial charge in [-0.1, -0.05) is 30.3 Å². The van der Waals surface area contributed by atoms with Crippen LogP contribution in [0, 0.1) is 5.92 Å². The fraction of sp³-hybridized carbons (Fsp3) is 0.562. The second-order valence-electron chi connectivity index (χ2n) is 5.50. The zero-order valence-corrected chi connectivity index (χ0v) is 11.6. The zero-order chi connectivity index (χ0) is 13.7. The Kier molecular flexibility index (Phi) is 4.97. The van der Waals surface area contributed by atoms with Crippen LogP contribution < -0.4 is 0 Å². The molecule has 0 unspecified atom stereocenters. The van der Waals surface area contributed by atoms with Crippen LogP contribution in [0.2, 0.25) is 0 Å². The summed E-state index contributed by atoms with van der Waals surface area (Å²) in [5, 5.41) is 9.47. The molecule has 0 radical (unpaired) electrons. The number of benzene rings is 1. The first-order valence-corrected chi connectivity index (χ1v) is 7.14. The van der Waals surface area contributed by atoms with Crippen LogP contribution in [-0.4, -0.2) is 35.6 Å². The van der Waals surface area contributed by atoms with Gasteiger partial charge in [0.1, 0.15) is 0 Å². The molecule has 19 heavy (non-hydrogen) atoms. The largest absolute Gasteiger partial charge is 0.393 e. The number of hydrogen-bond acceptors (Lipinski definition) is 2. The van der Waals surface area contributed by atoms with Crippen molar-refractivity contribution >= 4 is 5.91 Å². The van der Waals surface area contributed by atoms with Gasteiger partial charge in [-0.15, -0.1) is 0 Å². The van der Waals surface area contributed by atoms with E-state index in [-0.39, 0.29) is 17.9 Å². The Morgan fingerprint density at radius 3 is 2.47 bits per heavy atom. The number of likely N-dealkylation sites (N-methyl/N-ethyl adjacent to an activating group) is 1. The van der Waals surface area contributed by atoms with E-state index in [1.54, 1.807) is 0 Å². The van der Waals surface area contributed by atoms with E-state index in [4.69, 9.17) is 0 Å². The Morgan fingerprint density at radius 1 is 1.21 bits per heavy atom. The lowest BCUT2D eigenvalue weighted by Gasteiger charge is -2.28. The van der Waals surface area contributed by atoms with Gasteiger partial charge in [-0.2, -0.15) is 0 Å². The molecular formula is C16H23NO2. The molecule has 0 aromatic heterocycles. The summed E-state index contributed by atoms with van der Waals surface area (Å²) in [6, 6.07) is 10.2. The fourth-order valence-electron chi connectivity index (χ4n) is 2.69. The van der Waals surface area contributed by atoms with E-state index in [0.717, 1.165) is 38.6 Å². The summed E-state index contributed by atoms with van der Waals surface area (Å²) >= 11 is 0. The van der Waals surface area contributed by atoms with E-state index >= 15 is 0 Å². The van der Waals surface area contributed by atoms with Crippen molar-refractivity contribution in [3.05, 3.63) is 35.9 Å². The molecule has 1 aliphatic rings. The maximum absolute atomic E-state index is 12.3. The van der Waals surface area contributed by atoms with Gasteiger partial charge < -0.3 is 10.0 Å². The molecule has 1 fully saturated rings. The van der Waals surface area contributed by atoms with Gasteiger partial charge in [-0.25, -0.2) is 0 Å². The summed E-state index contributed by atoms with van der Waals surface area (Å²) in [6.07, 6.45) is 3.90. The highest BCUT2D eigenvalue weighted by Crippen LogP contribution is 2.25. The highest BCUT2D eigenvalue weighted by molar-refractivity contribution is 5.78. The molecule has 0 atom stereocenters. The number of carbonyl (C=O) groups is 1. The molecule has 0 saturated heterocycles. The van der Waals surface area contributed by atoms with Crippen molar-refractivity contribution in [2.45, 2.75) is 38.2 Å². The quantitative estimate of drug-likeness (QED) is 0.903. The number of amides is 1. The summed E-state index contributed by atoms with van der Waals surface area (Å²) < 4.78 is 0. The Balaban J connectivity index is 1.79. The Bertz CT molecular complexity index is 396. The molecule has 1 N–H and O–H groups in total. The molecule has 1 aromatic carbocycles. The number of carbonyl (C=O) groups excluding carboxylic acids is 1. The first-order valence-electron chi connectivity index (χ1n) is 7.14. The first-order chi connectivity index (χ1) is 9.16. The van der Waals surface area contributed by atoms with Crippen LogP contribution in [0.1, 0.15) is 31.2 Å². The molecule has 1 aliphatic carbocycles. The predicted molar refractivity (Wildman–Crippen MR) is 75.7 cm³/mol. The van der Waals surface area contributed by atoms with Gasteiger partial charge in [0.15, 0.2) is 0 Å². The summed E-state index contributed by atoms with van der Waals surface area (Å²) in [6.45, 7) is 0.766. The third-order valence-corrected chi connectivity index (χ3v) is 4.00. The van der Waals surface area contributed by atoms with E-state index in [1.165, 1.54) is 5.56 Å². The van der Waals surface area contributed by atoms with Gasteiger partial charge in [0.25, 0.3) is 0 Å². The van der Waals surface area contributed by atoms with E-state index in [0.29, 0.717) is 0 Å². The molecule has 0 heterocycles. The van der Waals surface area contributed by atoms with Crippen LogP contribution >= 0.6 is 0 Å². The summed E-state index contributed by atoms with van der Waals surface area (Å²) in [5.41, 5.74) is 1.27. The first kappa shape index (κ1) is 14.1. The lowest BCUT2D eigenvalue weighted by molar-refractivity contribution is -0.135. The normalized spacial score (nSPS) is 23.1. The molecule has 0 aliphatic heterocycles. The average Bonchev–Trinajstić information content (AvgIpc) is 2.46. The van der Waals surface area contributed by atoms with Gasteiger partial charge >= 0.3 is 0 Å². The lowest BCUT2D eigenvalue weighted by atomic mass is 9.86. The Morgan fingerprint density at radius 2 is 1.84 bits per heavy atom. The van der Waals surface area contributed by atoms with Crippen LogP contribution in [0.15, 0.2) is 30.3 Å². The minimum absolute atomic E-state index is 0.115. The maximum Gasteiger partial charge on any atom is 0.225 e. The molecular weight excluding hydrogens is 238 g/mol. The topological polar surface area (TPSA) is 40.5 Å². The molecule has 3 nitrogen and oxygen atoms in total. The van der Waals surface area contributed by atoms with Crippen LogP contribution in [0.4, 0.5) is 0 Å². The van der Waals surface area contributed by atoms with E-state index in [9.17, 15) is 9.90 Å². The standard InChI is InChI=1S/C16H23NO2/c1-17(12-11-13-5-3-2-4-6-13)16(19)14-7-9-15(18)10-8-14/h2-6,14-15,18H,7-12H2,1H3. The van der Waals surface area contributed by atoms with Crippen molar-refractivity contribution in [1.29, 1.82) is 0 Å². The molecule has 104 valence electrons. The predicted octanol–water partition coefficient (Wildman–Crippen LogP) is 2.24. The SMILES string of the molecule is CN(CCc1ccccc1)C(=O)C1CCC(O)CC1. The number of aliphatic hydroxyl groups excluding tert-OH is 1. The smallest absolute Gasteiger partial charge is 0.225 e. The fourth-order valence-corrected chi connectivity index (χ4v) is 2.69. The van der Waals surface area contributed by atoms with Crippen LogP contribution in [-0.2, 0) is 11.2 Å². The van der Waals surface area contributed by atoms with Gasteiger partial charge in [-0.3, -0.25) is 4.79 Å². The second kappa shape index (κ2) is 6.71. The minimum Gasteiger partial charge on any atom is -0.393 e. The lowest BCUT2D eigenvalue weighted by Crippen LogP contribution is -2.36. The van der Waals surface area contributed by atoms with Crippen molar-refractivity contribution in [3.8, 4) is 0 Å².